The molecule has 2 fully saturated rings. The topological polar surface area (TPSA) is 85.9 Å². The van der Waals surface area contributed by atoms with Gasteiger partial charge in [-0.1, -0.05) is 12.5 Å². The summed E-state index contributed by atoms with van der Waals surface area (Å²) in [5, 5.41) is 2.26. The Morgan fingerprint density at radius 1 is 1.19 bits per heavy atom. The molecule has 2 aliphatic heterocycles. The number of imide groups is 1. The number of methoxy groups -OCH3 is 1. The van der Waals surface area contributed by atoms with E-state index in [9.17, 15) is 14.0 Å². The highest BCUT2D eigenvalue weighted by Gasteiger charge is 2.25. The zero-order valence-corrected chi connectivity index (χ0v) is 18.9. The van der Waals surface area contributed by atoms with E-state index in [1.807, 2.05) is 6.92 Å². The third kappa shape index (κ3) is 8.80. The second-order valence-corrected chi connectivity index (χ2v) is 8.03. The van der Waals surface area contributed by atoms with Crippen LogP contribution in [-0.2, 0) is 4.79 Å². The number of halogens is 1. The van der Waals surface area contributed by atoms with Gasteiger partial charge in [-0.3, -0.25) is 21.0 Å². The minimum absolute atomic E-state index is 0.00816. The third-order valence-electron chi connectivity index (χ3n) is 5.42. The van der Waals surface area contributed by atoms with Gasteiger partial charge in [-0.05, 0) is 70.4 Å². The lowest BCUT2D eigenvalue weighted by molar-refractivity contribution is -0.118. The van der Waals surface area contributed by atoms with Crippen LogP contribution >= 0.6 is 0 Å². The number of ether oxygens (including phenoxy) is 1. The van der Waals surface area contributed by atoms with Crippen LogP contribution in [0.4, 0.5) is 9.18 Å². The van der Waals surface area contributed by atoms with Gasteiger partial charge in [-0.15, -0.1) is 0 Å². The molecule has 174 valence electrons. The summed E-state index contributed by atoms with van der Waals surface area (Å²) >= 11 is 0. The lowest BCUT2D eigenvalue weighted by Gasteiger charge is -2.16. The second kappa shape index (κ2) is 13.2. The van der Waals surface area contributed by atoms with Gasteiger partial charge in [0.2, 0.25) is 5.91 Å². The Bertz CT molecular complexity index is 712. The minimum atomic E-state index is -0.375. The number of hydrogen-bond donors (Lipinski definition) is 3. The Hall–Kier alpha value is -2.23. The molecule has 1 aromatic rings. The Kier molecular flexibility index (Phi) is 10.7. The van der Waals surface area contributed by atoms with Gasteiger partial charge < -0.3 is 14.5 Å². The summed E-state index contributed by atoms with van der Waals surface area (Å²) in [6.45, 7) is 6.14. The number of amides is 3. The number of nitrogens with zero attached hydrogens (tertiary/aromatic N) is 2. The molecule has 2 saturated heterocycles. The molecule has 0 saturated carbocycles. The average molecular weight is 438 g/mol. The number of urea groups is 1. The van der Waals surface area contributed by atoms with E-state index >= 15 is 0 Å². The first-order valence-corrected chi connectivity index (χ1v) is 11.0. The van der Waals surface area contributed by atoms with Crippen LogP contribution < -0.4 is 20.9 Å². The lowest BCUT2D eigenvalue weighted by Crippen LogP contribution is -2.35. The Morgan fingerprint density at radius 2 is 1.94 bits per heavy atom. The average Bonchev–Trinajstić information content (AvgIpc) is 3.35. The van der Waals surface area contributed by atoms with Crippen molar-refractivity contribution in [2.75, 3.05) is 46.9 Å². The molecule has 3 rings (SSSR count). The van der Waals surface area contributed by atoms with E-state index in [1.165, 1.54) is 44.0 Å². The van der Waals surface area contributed by atoms with Gasteiger partial charge in [0.25, 0.3) is 0 Å². The summed E-state index contributed by atoms with van der Waals surface area (Å²) in [6, 6.07) is 4.50. The van der Waals surface area contributed by atoms with Crippen LogP contribution in [0.1, 0.15) is 50.6 Å². The lowest BCUT2D eigenvalue weighted by atomic mass is 10.1. The summed E-state index contributed by atoms with van der Waals surface area (Å²) in [7, 11) is 3.62. The minimum Gasteiger partial charge on any atom is -0.494 e. The molecule has 3 amide bonds. The maximum atomic E-state index is 13.4. The van der Waals surface area contributed by atoms with Crippen LogP contribution in [0.5, 0.6) is 5.75 Å². The first-order chi connectivity index (χ1) is 14.9. The highest BCUT2D eigenvalue weighted by molar-refractivity contribution is 6.01. The molecule has 2 heterocycles. The number of nitrogens with one attached hydrogen (secondary N) is 3. The number of carbonyl (C=O) groups is 2. The molecule has 31 heavy (non-hydrogen) atoms. The first-order valence-electron chi connectivity index (χ1n) is 11.0. The second-order valence-electron chi connectivity index (χ2n) is 8.03. The fourth-order valence-electron chi connectivity index (χ4n) is 3.49. The molecule has 0 radical (unpaired) electrons. The van der Waals surface area contributed by atoms with Crippen molar-refractivity contribution in [2.45, 2.75) is 45.1 Å². The van der Waals surface area contributed by atoms with Crippen molar-refractivity contribution < 1.29 is 18.7 Å². The van der Waals surface area contributed by atoms with Gasteiger partial charge in [0, 0.05) is 19.1 Å². The number of hydrogen-bond acceptors (Lipinski definition) is 6. The highest BCUT2D eigenvalue weighted by atomic mass is 19.1. The molecule has 1 atom stereocenters. The highest BCUT2D eigenvalue weighted by Crippen LogP contribution is 2.22. The molecule has 8 nitrogen and oxygen atoms in total. The van der Waals surface area contributed by atoms with E-state index < -0.39 is 0 Å². The Balaban J connectivity index is 0.000000488. The van der Waals surface area contributed by atoms with E-state index in [2.05, 4.69) is 28.1 Å². The fraction of sp³-hybridized carbons (Fsp3) is 0.636. The zero-order chi connectivity index (χ0) is 22.6. The molecule has 2 aliphatic rings. The number of carbonyl (C=O) groups excluding carboxylic acids is 2. The Labute approximate surface area is 184 Å². The smallest absolute Gasteiger partial charge is 0.324 e. The van der Waals surface area contributed by atoms with Gasteiger partial charge in [-0.2, -0.15) is 0 Å². The SMILES string of the molecule is CN1CCCC1.COc1cc(C(C)NNCCCCCN2CC(=O)NC2=O)ccc1F. The predicted molar refractivity (Wildman–Crippen MR) is 118 cm³/mol. The van der Waals surface area contributed by atoms with Crippen molar-refractivity contribution in [1.82, 2.24) is 26.0 Å². The summed E-state index contributed by atoms with van der Waals surface area (Å²) < 4.78 is 18.4. The van der Waals surface area contributed by atoms with E-state index in [1.54, 1.807) is 12.1 Å². The Morgan fingerprint density at radius 3 is 2.52 bits per heavy atom. The maximum Gasteiger partial charge on any atom is 0.324 e. The van der Waals surface area contributed by atoms with E-state index in [4.69, 9.17) is 4.74 Å². The van der Waals surface area contributed by atoms with E-state index in [0.717, 1.165) is 31.4 Å². The summed E-state index contributed by atoms with van der Waals surface area (Å²) in [4.78, 5) is 26.3. The van der Waals surface area contributed by atoms with Crippen molar-refractivity contribution >= 4 is 11.9 Å². The molecule has 0 aliphatic carbocycles. The van der Waals surface area contributed by atoms with Crippen molar-refractivity contribution in [1.29, 1.82) is 0 Å². The molecular weight excluding hydrogens is 401 g/mol. The molecule has 0 spiro atoms. The maximum absolute atomic E-state index is 13.4. The van der Waals surface area contributed by atoms with Crippen molar-refractivity contribution in [2.24, 2.45) is 0 Å². The predicted octanol–water partition coefficient (Wildman–Crippen LogP) is 2.42. The number of hydrazine groups is 1. The summed E-state index contributed by atoms with van der Waals surface area (Å²) in [5.41, 5.74) is 7.24. The summed E-state index contributed by atoms with van der Waals surface area (Å²) in [6.07, 6.45) is 5.57. The van der Waals surface area contributed by atoms with Gasteiger partial charge >= 0.3 is 6.03 Å². The van der Waals surface area contributed by atoms with Crippen molar-refractivity contribution in [3.05, 3.63) is 29.6 Å². The van der Waals surface area contributed by atoms with Crippen LogP contribution in [0.15, 0.2) is 18.2 Å². The van der Waals surface area contributed by atoms with Crippen LogP contribution in [0, 0.1) is 5.82 Å². The molecular formula is C22H36FN5O3. The number of benzene rings is 1. The van der Waals surface area contributed by atoms with E-state index in [0.29, 0.717) is 6.54 Å². The van der Waals surface area contributed by atoms with Crippen molar-refractivity contribution in [3.63, 3.8) is 0 Å². The fourth-order valence-corrected chi connectivity index (χ4v) is 3.49. The summed E-state index contributed by atoms with van der Waals surface area (Å²) in [5.74, 6) is -0.377. The molecule has 9 heteroatoms. The quantitative estimate of drug-likeness (QED) is 0.296. The molecule has 0 aromatic heterocycles. The zero-order valence-electron chi connectivity index (χ0n) is 18.9. The van der Waals surface area contributed by atoms with Gasteiger partial charge in [0.1, 0.15) is 6.54 Å². The number of likely N-dealkylation sites (tertiary alicyclic amines) is 1. The first kappa shape index (κ1) is 25.0. The monoisotopic (exact) mass is 437 g/mol. The van der Waals surface area contributed by atoms with E-state index in [-0.39, 0.29) is 36.1 Å². The number of unbranched alkanes of at least 4 members (excludes halogenated alkanes) is 2. The van der Waals surface area contributed by atoms with Crippen LogP contribution in [0.25, 0.3) is 0 Å². The normalized spacial score (nSPS) is 17.4. The number of rotatable bonds is 10. The largest absolute Gasteiger partial charge is 0.494 e. The molecule has 0 bridgehead atoms. The molecule has 3 N–H and O–H groups in total. The van der Waals surface area contributed by atoms with Crippen molar-refractivity contribution in [3.8, 4) is 5.75 Å². The van der Waals surface area contributed by atoms with Gasteiger partial charge in [0.15, 0.2) is 11.6 Å². The van der Waals surface area contributed by atoms with Gasteiger partial charge in [-0.25, -0.2) is 9.18 Å². The van der Waals surface area contributed by atoms with Crippen LogP contribution in [0.3, 0.4) is 0 Å². The molecule has 1 unspecified atom stereocenters. The standard InChI is InChI=1S/C17H25FN4O3.C5H11N/c1-12(13-6-7-14(18)15(10-13)25-2)21-19-8-4-3-5-9-22-11-16(23)20-17(22)24;1-6-4-2-3-5-6/h6-7,10,12,19,21H,3-5,8-9,11H2,1-2H3,(H,20,23,24);2-5H2,1H3. The third-order valence-corrected chi connectivity index (χ3v) is 5.42. The van der Waals surface area contributed by atoms with Crippen LogP contribution in [0.2, 0.25) is 0 Å². The van der Waals surface area contributed by atoms with Gasteiger partial charge in [0.05, 0.1) is 7.11 Å². The molecule has 1 aromatic carbocycles. The van der Waals surface area contributed by atoms with Crippen LogP contribution in [-0.4, -0.2) is 68.6 Å².